The number of halogens is 2. The van der Waals surface area contributed by atoms with Gasteiger partial charge < -0.3 is 15.5 Å². The fourth-order valence-electron chi connectivity index (χ4n) is 2.53. The first kappa shape index (κ1) is 19.9. The molecule has 7 heteroatoms. The van der Waals surface area contributed by atoms with Crippen molar-refractivity contribution < 1.29 is 9.59 Å². The Labute approximate surface area is 151 Å². The van der Waals surface area contributed by atoms with Crippen molar-refractivity contribution in [2.24, 2.45) is 5.92 Å². The van der Waals surface area contributed by atoms with Crippen LogP contribution >= 0.6 is 28.3 Å². The summed E-state index contributed by atoms with van der Waals surface area (Å²) in [6.07, 6.45) is 1.63. The van der Waals surface area contributed by atoms with Gasteiger partial charge in [0.05, 0.1) is 5.69 Å². The molecule has 1 aliphatic rings. The molecule has 2 N–H and O–H groups in total. The van der Waals surface area contributed by atoms with Crippen molar-refractivity contribution in [3.63, 3.8) is 0 Å². The smallest absolute Gasteiger partial charge is 0.239 e. The van der Waals surface area contributed by atoms with E-state index in [0.717, 1.165) is 29.7 Å². The molecule has 1 aromatic rings. The summed E-state index contributed by atoms with van der Waals surface area (Å²) in [5.74, 6) is -0.859. The van der Waals surface area contributed by atoms with Gasteiger partial charge in [-0.15, -0.1) is 12.4 Å². The zero-order chi connectivity index (χ0) is 15.9. The summed E-state index contributed by atoms with van der Waals surface area (Å²) in [5.41, 5.74) is 0.826. The highest BCUT2D eigenvalue weighted by Gasteiger charge is 2.37. The lowest BCUT2D eigenvalue weighted by Gasteiger charge is -2.18. The van der Waals surface area contributed by atoms with E-state index in [9.17, 15) is 9.59 Å². The molecule has 0 bridgehead atoms. The molecule has 1 aromatic carbocycles. The topological polar surface area (TPSA) is 61.4 Å². The van der Waals surface area contributed by atoms with Crippen molar-refractivity contribution in [3.8, 4) is 0 Å². The third-order valence-electron chi connectivity index (χ3n) is 3.69. The number of anilines is 1. The first-order chi connectivity index (χ1) is 10.6. The Morgan fingerprint density at radius 2 is 2.04 bits per heavy atom. The number of nitrogens with one attached hydrogen (secondary N) is 2. The lowest BCUT2D eigenvalue weighted by Crippen LogP contribution is -2.39. The average molecular weight is 405 g/mol. The highest BCUT2D eigenvalue weighted by Crippen LogP contribution is 2.31. The summed E-state index contributed by atoms with van der Waals surface area (Å²) in [6.45, 7) is 4.90. The van der Waals surface area contributed by atoms with Gasteiger partial charge >= 0.3 is 0 Å². The van der Waals surface area contributed by atoms with Crippen LogP contribution in [-0.2, 0) is 9.59 Å². The second-order valence-electron chi connectivity index (χ2n) is 5.32. The summed E-state index contributed by atoms with van der Waals surface area (Å²) < 4.78 is 0.869. The third-order valence-corrected chi connectivity index (χ3v) is 4.36. The van der Waals surface area contributed by atoms with E-state index in [0.29, 0.717) is 19.5 Å². The second kappa shape index (κ2) is 9.90. The van der Waals surface area contributed by atoms with Gasteiger partial charge in [0, 0.05) is 24.1 Å². The molecule has 0 spiro atoms. The van der Waals surface area contributed by atoms with E-state index in [1.807, 2.05) is 24.3 Å². The van der Waals surface area contributed by atoms with Gasteiger partial charge in [-0.05, 0) is 47.4 Å². The molecule has 2 amide bonds. The minimum atomic E-state index is -0.571. The van der Waals surface area contributed by atoms with Crippen molar-refractivity contribution in [1.29, 1.82) is 0 Å². The van der Waals surface area contributed by atoms with Crippen LogP contribution in [0.3, 0.4) is 0 Å². The summed E-state index contributed by atoms with van der Waals surface area (Å²) in [6, 6.07) is 7.58. The van der Waals surface area contributed by atoms with E-state index in [2.05, 4.69) is 33.5 Å². The molecule has 0 aromatic heterocycles. The SMILES string of the molecule is CCCNCCNC(=O)C1CCN(c2ccccc2Br)C1=O.Cl. The normalized spacial score (nSPS) is 17.0. The lowest BCUT2D eigenvalue weighted by atomic mass is 10.1. The molecule has 1 atom stereocenters. The number of hydrogen-bond acceptors (Lipinski definition) is 3. The quantitative estimate of drug-likeness (QED) is 0.542. The molecule has 1 saturated heterocycles. The third kappa shape index (κ3) is 5.19. The van der Waals surface area contributed by atoms with Crippen molar-refractivity contribution in [1.82, 2.24) is 10.6 Å². The van der Waals surface area contributed by atoms with E-state index >= 15 is 0 Å². The highest BCUT2D eigenvalue weighted by molar-refractivity contribution is 9.10. The first-order valence-corrected chi connectivity index (χ1v) is 8.48. The van der Waals surface area contributed by atoms with Crippen LogP contribution in [0.2, 0.25) is 0 Å². The minimum Gasteiger partial charge on any atom is -0.354 e. The molecular weight excluding hydrogens is 382 g/mol. The maximum absolute atomic E-state index is 12.5. The Bertz CT molecular complexity index is 542. The Morgan fingerprint density at radius 3 is 2.74 bits per heavy atom. The molecule has 0 radical (unpaired) electrons. The van der Waals surface area contributed by atoms with Crippen LogP contribution in [0.25, 0.3) is 0 Å². The molecule has 0 aliphatic carbocycles. The number of rotatable bonds is 7. The monoisotopic (exact) mass is 403 g/mol. The number of nitrogens with zero attached hydrogens (tertiary/aromatic N) is 1. The first-order valence-electron chi connectivity index (χ1n) is 7.69. The van der Waals surface area contributed by atoms with E-state index in [-0.39, 0.29) is 24.2 Å². The Hall–Kier alpha value is -1.11. The predicted molar refractivity (Wildman–Crippen MR) is 98.0 cm³/mol. The van der Waals surface area contributed by atoms with Gasteiger partial charge in [-0.25, -0.2) is 0 Å². The van der Waals surface area contributed by atoms with Gasteiger partial charge in [-0.2, -0.15) is 0 Å². The zero-order valence-corrected chi connectivity index (χ0v) is 15.6. The summed E-state index contributed by atoms with van der Waals surface area (Å²) in [4.78, 5) is 26.3. The van der Waals surface area contributed by atoms with Gasteiger partial charge in [0.2, 0.25) is 11.8 Å². The fraction of sp³-hybridized carbons (Fsp3) is 0.500. The van der Waals surface area contributed by atoms with Crippen molar-refractivity contribution >= 4 is 45.8 Å². The summed E-state index contributed by atoms with van der Waals surface area (Å²) in [5, 5.41) is 6.06. The van der Waals surface area contributed by atoms with Crippen molar-refractivity contribution in [3.05, 3.63) is 28.7 Å². The lowest BCUT2D eigenvalue weighted by molar-refractivity contribution is -0.132. The molecule has 5 nitrogen and oxygen atoms in total. The molecule has 128 valence electrons. The predicted octanol–water partition coefficient (Wildman–Crippen LogP) is 2.34. The Balaban J connectivity index is 0.00000264. The molecule has 1 heterocycles. The standard InChI is InChI=1S/C16H22BrN3O2.ClH/c1-2-8-18-9-10-19-15(21)12-7-11-20(16(12)22)14-6-4-3-5-13(14)17;/h3-6,12,18H,2,7-11H2,1H3,(H,19,21);1H. The fourth-order valence-corrected chi connectivity index (χ4v) is 3.03. The maximum Gasteiger partial charge on any atom is 0.239 e. The maximum atomic E-state index is 12.5. The zero-order valence-electron chi connectivity index (χ0n) is 13.2. The van der Waals surface area contributed by atoms with E-state index in [1.54, 1.807) is 4.90 Å². The van der Waals surface area contributed by atoms with Crippen molar-refractivity contribution in [2.75, 3.05) is 31.1 Å². The van der Waals surface area contributed by atoms with E-state index < -0.39 is 5.92 Å². The molecule has 1 aliphatic heterocycles. The van der Waals surface area contributed by atoms with Crippen LogP contribution in [0.15, 0.2) is 28.7 Å². The number of hydrogen-bond donors (Lipinski definition) is 2. The van der Waals surface area contributed by atoms with E-state index in [1.165, 1.54) is 0 Å². The van der Waals surface area contributed by atoms with Crippen LogP contribution in [0.1, 0.15) is 19.8 Å². The molecule has 1 unspecified atom stereocenters. The van der Waals surface area contributed by atoms with Gasteiger partial charge in [0.15, 0.2) is 0 Å². The molecule has 23 heavy (non-hydrogen) atoms. The van der Waals surface area contributed by atoms with Crippen LogP contribution in [0, 0.1) is 5.92 Å². The number of para-hydroxylation sites is 1. The van der Waals surface area contributed by atoms with Crippen LogP contribution in [-0.4, -0.2) is 38.0 Å². The van der Waals surface area contributed by atoms with Crippen LogP contribution in [0.4, 0.5) is 5.69 Å². The number of carbonyl (C=O) groups is 2. The number of benzene rings is 1. The second-order valence-corrected chi connectivity index (χ2v) is 6.18. The molecule has 0 saturated carbocycles. The molecular formula is C16H23BrClN3O2. The summed E-state index contributed by atoms with van der Waals surface area (Å²) >= 11 is 3.45. The summed E-state index contributed by atoms with van der Waals surface area (Å²) in [7, 11) is 0. The number of amides is 2. The van der Waals surface area contributed by atoms with Gasteiger partial charge in [-0.1, -0.05) is 19.1 Å². The van der Waals surface area contributed by atoms with E-state index in [4.69, 9.17) is 0 Å². The Morgan fingerprint density at radius 1 is 1.30 bits per heavy atom. The highest BCUT2D eigenvalue weighted by atomic mass is 79.9. The average Bonchev–Trinajstić information content (AvgIpc) is 2.89. The van der Waals surface area contributed by atoms with Gasteiger partial charge in [0.25, 0.3) is 0 Å². The van der Waals surface area contributed by atoms with Crippen LogP contribution < -0.4 is 15.5 Å². The van der Waals surface area contributed by atoms with Crippen LogP contribution in [0.5, 0.6) is 0 Å². The largest absolute Gasteiger partial charge is 0.354 e. The molecule has 1 fully saturated rings. The Kier molecular flexibility index (Phi) is 8.58. The number of carbonyl (C=O) groups excluding carboxylic acids is 2. The molecule has 2 rings (SSSR count). The van der Waals surface area contributed by atoms with Gasteiger partial charge in [-0.3, -0.25) is 9.59 Å². The van der Waals surface area contributed by atoms with Crippen molar-refractivity contribution in [2.45, 2.75) is 19.8 Å². The minimum absolute atomic E-state index is 0. The van der Waals surface area contributed by atoms with Gasteiger partial charge in [0.1, 0.15) is 5.92 Å².